The maximum Gasteiger partial charge on any atom is 0.323 e. The van der Waals surface area contributed by atoms with Crippen molar-refractivity contribution >= 4 is 34.9 Å². The van der Waals surface area contributed by atoms with Crippen molar-refractivity contribution in [3.8, 4) is 0 Å². The van der Waals surface area contributed by atoms with Crippen molar-refractivity contribution in [3.63, 3.8) is 0 Å². The number of hydrogen-bond acceptors (Lipinski definition) is 2. The van der Waals surface area contributed by atoms with Crippen LogP contribution in [0.5, 0.6) is 0 Å². The summed E-state index contributed by atoms with van der Waals surface area (Å²) in [6.07, 6.45) is 0. The van der Waals surface area contributed by atoms with Crippen molar-refractivity contribution in [1.82, 2.24) is 0 Å². The van der Waals surface area contributed by atoms with Crippen molar-refractivity contribution in [2.24, 2.45) is 0 Å². The van der Waals surface area contributed by atoms with Gasteiger partial charge in [0.1, 0.15) is 6.54 Å². The lowest BCUT2D eigenvalue weighted by Gasteiger charge is -2.22. The van der Waals surface area contributed by atoms with Crippen LogP contribution in [0.2, 0.25) is 5.02 Å². The van der Waals surface area contributed by atoms with Gasteiger partial charge in [-0.15, -0.1) is 0 Å². The lowest BCUT2D eigenvalue weighted by atomic mass is 10.3. The highest BCUT2D eigenvalue weighted by atomic mass is 35.5. The van der Waals surface area contributed by atoms with E-state index in [1.54, 1.807) is 29.2 Å². The number of hydrogen-bond donors (Lipinski definition) is 1. The van der Waals surface area contributed by atoms with Crippen molar-refractivity contribution < 1.29 is 9.90 Å². The van der Waals surface area contributed by atoms with E-state index in [4.69, 9.17) is 28.3 Å². The third kappa shape index (κ3) is 4.13. The van der Waals surface area contributed by atoms with Crippen molar-refractivity contribution in [2.45, 2.75) is 0 Å². The Morgan fingerprint density at radius 3 is 2.31 bits per heavy atom. The van der Waals surface area contributed by atoms with Crippen LogP contribution >= 0.6 is 23.2 Å². The molecule has 0 radical (unpaired) electrons. The summed E-state index contributed by atoms with van der Waals surface area (Å²) < 4.78 is 0. The number of benzene rings is 1. The fourth-order valence-electron chi connectivity index (χ4n) is 1.26. The minimum Gasteiger partial charge on any atom is -0.480 e. The molecule has 0 aliphatic rings. The van der Waals surface area contributed by atoms with Gasteiger partial charge in [-0.25, -0.2) is 0 Å². The Morgan fingerprint density at radius 1 is 1.31 bits per heavy atom. The summed E-state index contributed by atoms with van der Waals surface area (Å²) in [5.41, 5.74) is 0.744. The molecule has 3 nitrogen and oxygen atoms in total. The van der Waals surface area contributed by atoms with Crippen molar-refractivity contribution in [2.75, 3.05) is 18.0 Å². The van der Waals surface area contributed by atoms with Crippen LogP contribution in [-0.4, -0.2) is 24.2 Å². The number of carboxylic acids is 1. The third-order valence-corrected chi connectivity index (χ3v) is 2.25. The molecule has 0 atom stereocenters. The van der Waals surface area contributed by atoms with E-state index in [0.717, 1.165) is 5.69 Å². The van der Waals surface area contributed by atoms with E-state index in [-0.39, 0.29) is 13.1 Å². The molecule has 16 heavy (non-hydrogen) atoms. The monoisotopic (exact) mass is 259 g/mol. The topological polar surface area (TPSA) is 40.5 Å². The Bertz CT molecular complexity index is 373. The summed E-state index contributed by atoms with van der Waals surface area (Å²) >= 11 is 11.4. The molecule has 0 aliphatic heterocycles. The van der Waals surface area contributed by atoms with Crippen LogP contribution in [-0.2, 0) is 4.79 Å². The lowest BCUT2D eigenvalue weighted by Crippen LogP contribution is -2.30. The summed E-state index contributed by atoms with van der Waals surface area (Å²) in [6.45, 7) is 3.71. The Labute approximate surface area is 104 Å². The number of aliphatic carboxylic acids is 1. The van der Waals surface area contributed by atoms with Gasteiger partial charge in [0.25, 0.3) is 0 Å². The second kappa shape index (κ2) is 5.77. The third-order valence-electron chi connectivity index (χ3n) is 1.88. The summed E-state index contributed by atoms with van der Waals surface area (Å²) in [7, 11) is 0. The fourth-order valence-corrected chi connectivity index (χ4v) is 1.53. The van der Waals surface area contributed by atoms with Crippen molar-refractivity contribution in [3.05, 3.63) is 40.9 Å². The molecule has 0 spiro atoms. The van der Waals surface area contributed by atoms with Gasteiger partial charge in [-0.05, 0) is 24.3 Å². The minimum atomic E-state index is -0.923. The first-order chi connectivity index (χ1) is 7.49. The molecule has 1 aromatic rings. The molecule has 0 heterocycles. The molecule has 0 amide bonds. The zero-order valence-electron chi connectivity index (χ0n) is 8.49. The average molecular weight is 260 g/mol. The summed E-state index contributed by atoms with van der Waals surface area (Å²) in [6, 6.07) is 6.88. The van der Waals surface area contributed by atoms with E-state index >= 15 is 0 Å². The number of rotatable bonds is 5. The average Bonchev–Trinajstić information content (AvgIpc) is 2.16. The Balaban J connectivity index is 2.86. The molecule has 0 unspecified atom stereocenters. The molecule has 1 rings (SSSR count). The van der Waals surface area contributed by atoms with Crippen LogP contribution in [0.25, 0.3) is 0 Å². The summed E-state index contributed by atoms with van der Waals surface area (Å²) in [5.74, 6) is -0.923. The predicted molar refractivity (Wildman–Crippen MR) is 66.3 cm³/mol. The van der Waals surface area contributed by atoms with Crippen molar-refractivity contribution in [1.29, 1.82) is 0 Å². The van der Waals surface area contributed by atoms with Gasteiger partial charge in [-0.1, -0.05) is 29.8 Å². The number of carbonyl (C=O) groups is 1. The van der Waals surface area contributed by atoms with Crippen LogP contribution in [0.3, 0.4) is 0 Å². The maximum atomic E-state index is 10.7. The number of nitrogens with zero attached hydrogens (tertiary/aromatic N) is 1. The lowest BCUT2D eigenvalue weighted by molar-refractivity contribution is -0.135. The summed E-state index contributed by atoms with van der Waals surface area (Å²) in [4.78, 5) is 12.3. The molecule has 86 valence electrons. The molecular formula is C11H11Cl2NO2. The van der Waals surface area contributed by atoms with Gasteiger partial charge in [-0.2, -0.15) is 0 Å². The molecule has 0 aliphatic carbocycles. The SMILES string of the molecule is C=C(Cl)CN(CC(=O)O)c1ccc(Cl)cc1. The van der Waals surface area contributed by atoms with Crippen LogP contribution < -0.4 is 4.90 Å². The molecular weight excluding hydrogens is 249 g/mol. The smallest absolute Gasteiger partial charge is 0.323 e. The first kappa shape index (κ1) is 12.9. The van der Waals surface area contributed by atoms with Gasteiger partial charge >= 0.3 is 5.97 Å². The Morgan fingerprint density at radius 2 is 1.88 bits per heavy atom. The van der Waals surface area contributed by atoms with Gasteiger partial charge in [0.15, 0.2) is 0 Å². The molecule has 5 heteroatoms. The van der Waals surface area contributed by atoms with Gasteiger partial charge in [0.2, 0.25) is 0 Å². The standard InChI is InChI=1S/C11H11Cl2NO2/c1-8(12)6-14(7-11(15)16)10-4-2-9(13)3-5-10/h2-5H,1,6-7H2,(H,15,16). The van der Waals surface area contributed by atoms with Gasteiger partial charge in [-0.3, -0.25) is 4.79 Å². The Kier molecular flexibility index (Phi) is 4.65. The largest absolute Gasteiger partial charge is 0.480 e. The maximum absolute atomic E-state index is 10.7. The quantitative estimate of drug-likeness (QED) is 0.884. The van der Waals surface area contributed by atoms with E-state index in [2.05, 4.69) is 6.58 Å². The van der Waals surface area contributed by atoms with Crippen LogP contribution in [0.15, 0.2) is 35.9 Å². The normalized spacial score (nSPS) is 9.88. The van der Waals surface area contributed by atoms with E-state index in [0.29, 0.717) is 10.1 Å². The van der Waals surface area contributed by atoms with E-state index in [1.165, 1.54) is 0 Å². The fraction of sp³-hybridized carbons (Fsp3) is 0.182. The van der Waals surface area contributed by atoms with E-state index < -0.39 is 5.97 Å². The number of anilines is 1. The highest BCUT2D eigenvalue weighted by Crippen LogP contribution is 2.19. The Hall–Kier alpha value is -1.19. The second-order valence-electron chi connectivity index (χ2n) is 3.24. The molecule has 1 N–H and O–H groups in total. The summed E-state index contributed by atoms with van der Waals surface area (Å²) in [5, 5.41) is 9.76. The molecule has 0 fully saturated rings. The molecule has 0 saturated heterocycles. The van der Waals surface area contributed by atoms with Crippen LogP contribution in [0.4, 0.5) is 5.69 Å². The minimum absolute atomic E-state index is 0.132. The zero-order chi connectivity index (χ0) is 12.1. The van der Waals surface area contributed by atoms with E-state index in [9.17, 15) is 4.79 Å². The predicted octanol–water partition coefficient (Wildman–Crippen LogP) is 2.98. The van der Waals surface area contributed by atoms with Gasteiger partial charge in [0, 0.05) is 15.7 Å². The first-order valence-corrected chi connectivity index (χ1v) is 5.30. The van der Waals surface area contributed by atoms with E-state index in [1.807, 2.05) is 0 Å². The molecule has 0 aromatic heterocycles. The zero-order valence-corrected chi connectivity index (χ0v) is 10.0. The number of carboxylic acid groups (broad SMARTS) is 1. The van der Waals surface area contributed by atoms with Gasteiger partial charge < -0.3 is 10.0 Å². The first-order valence-electron chi connectivity index (χ1n) is 4.54. The molecule has 0 saturated carbocycles. The van der Waals surface area contributed by atoms with Crippen LogP contribution in [0, 0.1) is 0 Å². The highest BCUT2D eigenvalue weighted by Gasteiger charge is 2.11. The van der Waals surface area contributed by atoms with Crippen LogP contribution in [0.1, 0.15) is 0 Å². The molecule has 0 bridgehead atoms. The number of halogens is 2. The second-order valence-corrected chi connectivity index (χ2v) is 4.21. The van der Waals surface area contributed by atoms with Gasteiger partial charge in [0.05, 0.1) is 6.54 Å². The highest BCUT2D eigenvalue weighted by molar-refractivity contribution is 6.30. The molecule has 1 aromatic carbocycles.